The fourth-order valence-corrected chi connectivity index (χ4v) is 5.42. The number of carbonyl (C=O) groups is 1. The molecule has 1 saturated carbocycles. The Labute approximate surface area is 174 Å². The summed E-state index contributed by atoms with van der Waals surface area (Å²) >= 11 is 3.34. The van der Waals surface area contributed by atoms with E-state index in [1.807, 2.05) is 30.5 Å². The summed E-state index contributed by atoms with van der Waals surface area (Å²) in [6.07, 6.45) is 5.26. The number of carbonyl (C=O) groups excluding carboxylic acids is 1. The molecule has 0 unspecified atom stereocenters. The molecular formula is C20H26BrN3O3S. The predicted octanol–water partition coefficient (Wildman–Crippen LogP) is 4.57. The Bertz CT molecular complexity index is 946. The van der Waals surface area contributed by atoms with Gasteiger partial charge in [0.15, 0.2) is 0 Å². The van der Waals surface area contributed by atoms with Gasteiger partial charge in [0, 0.05) is 28.3 Å². The van der Waals surface area contributed by atoms with Gasteiger partial charge in [-0.3, -0.25) is 4.79 Å². The smallest absolute Gasteiger partial charge is 0.228 e. The first-order chi connectivity index (χ1) is 13.3. The first-order valence-corrected chi connectivity index (χ1v) is 12.1. The molecule has 0 saturated heterocycles. The van der Waals surface area contributed by atoms with Crippen LogP contribution >= 0.6 is 15.9 Å². The van der Waals surface area contributed by atoms with Crippen LogP contribution in [0.3, 0.4) is 0 Å². The van der Waals surface area contributed by atoms with E-state index >= 15 is 0 Å². The maximum atomic E-state index is 13.0. The molecule has 0 atom stereocenters. The van der Waals surface area contributed by atoms with Crippen molar-refractivity contribution >= 4 is 37.4 Å². The van der Waals surface area contributed by atoms with Crippen molar-refractivity contribution in [2.45, 2.75) is 63.6 Å². The third kappa shape index (κ3) is 4.84. The molecule has 1 aliphatic rings. The van der Waals surface area contributed by atoms with E-state index in [1.54, 1.807) is 12.1 Å². The summed E-state index contributed by atoms with van der Waals surface area (Å²) in [4.78, 5) is 16.6. The number of benzene rings is 1. The molecule has 1 heterocycles. The molecule has 1 N–H and O–H groups in total. The van der Waals surface area contributed by atoms with Crippen molar-refractivity contribution in [2.75, 3.05) is 11.1 Å². The largest absolute Gasteiger partial charge is 0.326 e. The van der Waals surface area contributed by atoms with Gasteiger partial charge in [0.05, 0.1) is 11.4 Å². The van der Waals surface area contributed by atoms with Crippen molar-refractivity contribution in [3.63, 3.8) is 0 Å². The summed E-state index contributed by atoms with van der Waals surface area (Å²) in [6.45, 7) is 3.77. The van der Waals surface area contributed by atoms with Crippen LogP contribution < -0.4 is 5.32 Å². The van der Waals surface area contributed by atoms with E-state index in [0.717, 1.165) is 41.5 Å². The second-order valence-corrected chi connectivity index (χ2v) is 10.3. The minimum atomic E-state index is -3.65. The summed E-state index contributed by atoms with van der Waals surface area (Å²) in [5, 5.41) is 2.85. The van der Waals surface area contributed by atoms with Crippen molar-refractivity contribution in [3.8, 4) is 0 Å². The molecule has 152 valence electrons. The lowest BCUT2D eigenvalue weighted by Crippen LogP contribution is -2.23. The van der Waals surface area contributed by atoms with E-state index in [1.165, 1.54) is 6.42 Å². The molecule has 1 aromatic carbocycles. The molecule has 3 rings (SSSR count). The van der Waals surface area contributed by atoms with Crippen molar-refractivity contribution in [3.05, 3.63) is 40.1 Å². The SMILES string of the molecule is Cc1nc(S(=O)(=O)CCC(=O)Nc2ccc(Br)cc2)n(C2CCCCC2)c1C. The summed E-state index contributed by atoms with van der Waals surface area (Å²) in [7, 11) is -3.65. The Morgan fingerprint density at radius 1 is 1.18 bits per heavy atom. The average molecular weight is 468 g/mol. The van der Waals surface area contributed by atoms with E-state index in [9.17, 15) is 13.2 Å². The number of hydrogen-bond donors (Lipinski definition) is 1. The van der Waals surface area contributed by atoms with Gasteiger partial charge < -0.3 is 9.88 Å². The predicted molar refractivity (Wildman–Crippen MR) is 113 cm³/mol. The zero-order valence-electron chi connectivity index (χ0n) is 16.2. The fraction of sp³-hybridized carbons (Fsp3) is 0.500. The lowest BCUT2D eigenvalue weighted by molar-refractivity contribution is -0.115. The molecule has 8 heteroatoms. The summed E-state index contributed by atoms with van der Waals surface area (Å²) in [5.74, 6) is -0.576. The third-order valence-electron chi connectivity index (χ3n) is 5.30. The molecule has 0 spiro atoms. The Morgan fingerprint density at radius 2 is 1.82 bits per heavy atom. The normalized spacial score (nSPS) is 15.5. The highest BCUT2D eigenvalue weighted by Crippen LogP contribution is 2.32. The third-order valence-corrected chi connectivity index (χ3v) is 7.41. The molecule has 1 aliphatic carbocycles. The first-order valence-electron chi connectivity index (χ1n) is 9.61. The monoisotopic (exact) mass is 467 g/mol. The summed E-state index contributed by atoms with van der Waals surface area (Å²) in [6, 6.07) is 7.34. The minimum absolute atomic E-state index is 0.103. The van der Waals surface area contributed by atoms with Crippen molar-refractivity contribution in [1.82, 2.24) is 9.55 Å². The maximum Gasteiger partial charge on any atom is 0.228 e. The highest BCUT2D eigenvalue weighted by molar-refractivity contribution is 9.10. The Morgan fingerprint density at radius 3 is 2.46 bits per heavy atom. The van der Waals surface area contributed by atoms with E-state index < -0.39 is 9.84 Å². The number of imidazole rings is 1. The standard InChI is InChI=1S/C20H26BrN3O3S/c1-14-15(2)24(18-6-4-3-5-7-18)20(22-14)28(26,27)13-12-19(25)23-17-10-8-16(21)9-11-17/h8-11,18H,3-7,12-13H2,1-2H3,(H,23,25). The lowest BCUT2D eigenvalue weighted by Gasteiger charge is -2.26. The highest BCUT2D eigenvalue weighted by Gasteiger charge is 2.29. The number of amides is 1. The number of halogens is 1. The maximum absolute atomic E-state index is 13.0. The molecule has 0 radical (unpaired) electrons. The second kappa shape index (κ2) is 8.78. The summed E-state index contributed by atoms with van der Waals surface area (Å²) < 4.78 is 28.8. The van der Waals surface area contributed by atoms with Crippen LogP contribution in [0.2, 0.25) is 0 Å². The number of sulfone groups is 1. The molecule has 0 aliphatic heterocycles. The van der Waals surface area contributed by atoms with Crippen LogP contribution in [0, 0.1) is 13.8 Å². The number of aryl methyl sites for hydroxylation is 1. The van der Waals surface area contributed by atoms with Gasteiger partial charge in [-0.2, -0.15) is 0 Å². The topological polar surface area (TPSA) is 81.1 Å². The Kier molecular flexibility index (Phi) is 6.60. The molecular weight excluding hydrogens is 442 g/mol. The van der Waals surface area contributed by atoms with E-state index in [4.69, 9.17) is 0 Å². The number of aromatic nitrogens is 2. The van der Waals surface area contributed by atoms with Gasteiger partial charge in [-0.1, -0.05) is 35.2 Å². The molecule has 28 heavy (non-hydrogen) atoms. The molecule has 1 amide bonds. The van der Waals surface area contributed by atoms with Gasteiger partial charge in [0.1, 0.15) is 0 Å². The van der Waals surface area contributed by atoms with Crippen LogP contribution in [-0.4, -0.2) is 29.6 Å². The molecule has 6 nitrogen and oxygen atoms in total. The van der Waals surface area contributed by atoms with Gasteiger partial charge in [0.2, 0.25) is 20.9 Å². The zero-order chi connectivity index (χ0) is 20.3. The zero-order valence-corrected chi connectivity index (χ0v) is 18.6. The van der Waals surface area contributed by atoms with Crippen LogP contribution in [-0.2, 0) is 14.6 Å². The van der Waals surface area contributed by atoms with Crippen LogP contribution in [0.15, 0.2) is 33.9 Å². The number of anilines is 1. The second-order valence-electron chi connectivity index (χ2n) is 7.35. The van der Waals surface area contributed by atoms with Gasteiger partial charge in [-0.05, 0) is 51.0 Å². The number of nitrogens with one attached hydrogen (secondary N) is 1. The summed E-state index contributed by atoms with van der Waals surface area (Å²) in [5.41, 5.74) is 2.29. The van der Waals surface area contributed by atoms with E-state index in [-0.39, 0.29) is 29.3 Å². The van der Waals surface area contributed by atoms with Gasteiger partial charge >= 0.3 is 0 Å². The number of hydrogen-bond acceptors (Lipinski definition) is 4. The van der Waals surface area contributed by atoms with E-state index in [2.05, 4.69) is 26.2 Å². The minimum Gasteiger partial charge on any atom is -0.326 e. The van der Waals surface area contributed by atoms with Crippen molar-refractivity contribution in [2.24, 2.45) is 0 Å². The van der Waals surface area contributed by atoms with Crippen molar-refractivity contribution in [1.29, 1.82) is 0 Å². The van der Waals surface area contributed by atoms with Crippen LogP contribution in [0.1, 0.15) is 56.0 Å². The molecule has 2 aromatic rings. The fourth-order valence-electron chi connectivity index (χ4n) is 3.66. The van der Waals surface area contributed by atoms with Crippen LogP contribution in [0.25, 0.3) is 0 Å². The quantitative estimate of drug-likeness (QED) is 0.674. The number of rotatable bonds is 6. The first kappa shape index (κ1) is 21.0. The van der Waals surface area contributed by atoms with Gasteiger partial charge in [-0.15, -0.1) is 0 Å². The molecule has 1 fully saturated rings. The van der Waals surface area contributed by atoms with Crippen LogP contribution in [0.4, 0.5) is 5.69 Å². The average Bonchev–Trinajstić information content (AvgIpc) is 2.98. The van der Waals surface area contributed by atoms with Gasteiger partial charge in [0.25, 0.3) is 0 Å². The van der Waals surface area contributed by atoms with Crippen molar-refractivity contribution < 1.29 is 13.2 Å². The number of nitrogens with zero attached hydrogens (tertiary/aromatic N) is 2. The van der Waals surface area contributed by atoms with Gasteiger partial charge in [-0.25, -0.2) is 13.4 Å². The molecule has 0 bridgehead atoms. The molecule has 1 aromatic heterocycles. The van der Waals surface area contributed by atoms with Crippen LogP contribution in [0.5, 0.6) is 0 Å². The highest BCUT2D eigenvalue weighted by atomic mass is 79.9. The Balaban J connectivity index is 1.73. The van der Waals surface area contributed by atoms with E-state index in [0.29, 0.717) is 5.69 Å². The Hall–Kier alpha value is -1.67. The lowest BCUT2D eigenvalue weighted by atomic mass is 9.95.